The molecule has 0 radical (unpaired) electrons. The molecule has 1 N–H and O–H groups in total. The van der Waals surface area contributed by atoms with Crippen molar-refractivity contribution in [2.45, 2.75) is 123 Å². The number of nitrogens with one attached hydrogen (secondary N) is 1. The van der Waals surface area contributed by atoms with Gasteiger partial charge in [-0.2, -0.15) is 0 Å². The first-order valence-corrected chi connectivity index (χ1v) is 22.6. The molecule has 7 heteroatoms. The number of rotatable bonds is 34. The van der Waals surface area contributed by atoms with Crippen LogP contribution in [0.1, 0.15) is 133 Å². The van der Waals surface area contributed by atoms with Gasteiger partial charge in [-0.1, -0.05) is 171 Å². The van der Waals surface area contributed by atoms with Crippen LogP contribution in [0.3, 0.4) is 0 Å². The van der Waals surface area contributed by atoms with E-state index < -0.39 is 11.9 Å². The van der Waals surface area contributed by atoms with Crippen molar-refractivity contribution in [3.63, 3.8) is 0 Å². The summed E-state index contributed by atoms with van der Waals surface area (Å²) in [5.41, 5.74) is 0.170. The maximum atomic E-state index is 12.9. The summed E-state index contributed by atoms with van der Waals surface area (Å²) in [7, 11) is 0. The maximum absolute atomic E-state index is 12.9. The monoisotopic (exact) mass is 850 g/mol. The van der Waals surface area contributed by atoms with Crippen molar-refractivity contribution in [1.82, 2.24) is 5.32 Å². The second kappa shape index (κ2) is 41.5. The van der Waals surface area contributed by atoms with Gasteiger partial charge in [0.1, 0.15) is 5.75 Å². The molecule has 6 nitrogen and oxygen atoms in total. The number of amides is 1. The second-order valence-electron chi connectivity index (χ2n) is 13.9. The molecule has 61 heavy (non-hydrogen) atoms. The normalized spacial score (nSPS) is 12.8. The van der Waals surface area contributed by atoms with E-state index in [1.807, 2.05) is 24.3 Å². The summed E-state index contributed by atoms with van der Waals surface area (Å²) in [5, 5.41) is 3.14. The lowest BCUT2D eigenvalue weighted by molar-refractivity contribution is -0.143. The zero-order valence-electron chi connectivity index (χ0n) is 36.9. The summed E-state index contributed by atoms with van der Waals surface area (Å²) in [6, 6.07) is 4.57. The number of allylic oxidation sites excluding steroid dienone is 24. The van der Waals surface area contributed by atoms with E-state index in [-0.39, 0.29) is 36.9 Å². The Kier molecular flexibility index (Phi) is 36.6. The van der Waals surface area contributed by atoms with Crippen molar-refractivity contribution >= 4 is 29.4 Å². The van der Waals surface area contributed by atoms with Crippen LogP contribution in [0, 0.1) is 0 Å². The molecule has 1 aromatic carbocycles. The highest BCUT2D eigenvalue weighted by Crippen LogP contribution is 2.23. The summed E-state index contributed by atoms with van der Waals surface area (Å²) in [6.45, 7) is 4.76. The Morgan fingerprint density at radius 1 is 0.508 bits per heavy atom. The molecule has 0 aliphatic carbocycles. The van der Waals surface area contributed by atoms with E-state index in [0.717, 1.165) is 77.0 Å². The van der Waals surface area contributed by atoms with Gasteiger partial charge in [-0.25, -0.2) is 0 Å². The molecule has 0 aromatic heterocycles. The lowest BCUT2D eigenvalue weighted by Crippen LogP contribution is -2.26. The molecule has 1 aromatic rings. The Morgan fingerprint density at radius 3 is 1.26 bits per heavy atom. The minimum absolute atomic E-state index is 0.149. The molecule has 0 bridgehead atoms. The first kappa shape index (κ1) is 53.8. The Morgan fingerprint density at radius 2 is 0.869 bits per heavy atom. The van der Waals surface area contributed by atoms with E-state index in [9.17, 15) is 14.4 Å². The molecule has 0 heterocycles. The van der Waals surface area contributed by atoms with E-state index in [1.165, 1.54) is 12.1 Å². The fourth-order valence-corrected chi connectivity index (χ4v) is 5.42. The number of carbonyl (C=O) groups excluding carboxylic acids is 3. The van der Waals surface area contributed by atoms with Crippen LogP contribution in [0.25, 0.3) is 0 Å². The SMILES string of the molecule is CC/C=C\C/C=C\C/C=C\C/C=C\C/C=C\C/C=C\CCC(=O)OCCCNC(=O)c1cc(Cl)ccc1OC(=O)CC/C=C\C/C=C\C/C=C\C/C=C\C/C=C\C/C=C\CC. The lowest BCUT2D eigenvalue weighted by atomic mass is 10.2. The molecule has 330 valence electrons. The Hall–Kier alpha value is -5.20. The van der Waals surface area contributed by atoms with Gasteiger partial charge in [0, 0.05) is 24.4 Å². The van der Waals surface area contributed by atoms with Crippen molar-refractivity contribution in [3.8, 4) is 5.75 Å². The smallest absolute Gasteiger partial charge is 0.311 e. The minimum Gasteiger partial charge on any atom is -0.466 e. The van der Waals surface area contributed by atoms with E-state index in [2.05, 4.69) is 141 Å². The number of benzene rings is 1. The van der Waals surface area contributed by atoms with E-state index in [0.29, 0.717) is 30.7 Å². The summed E-state index contributed by atoms with van der Waals surface area (Å²) in [4.78, 5) is 37.6. The topological polar surface area (TPSA) is 81.7 Å². The highest BCUT2D eigenvalue weighted by Gasteiger charge is 2.16. The molecule has 0 saturated heterocycles. The number of esters is 2. The molecule has 0 aliphatic rings. The Bertz CT molecular complexity index is 1700. The fourth-order valence-electron chi connectivity index (χ4n) is 5.25. The zero-order valence-corrected chi connectivity index (χ0v) is 37.7. The molecule has 1 rings (SSSR count). The number of hydrogen-bond donors (Lipinski definition) is 1. The molecular formula is C54H72ClNO5. The van der Waals surface area contributed by atoms with Gasteiger partial charge in [0.15, 0.2) is 0 Å². The van der Waals surface area contributed by atoms with Crippen LogP contribution in [0.15, 0.2) is 164 Å². The standard InChI is InChI=1S/C54H72ClNO5/c1-3-5-7-9-11-13-15-17-19-21-23-25-27-29-31-33-35-37-39-42-52(57)60-47-41-46-56-54(59)50-48-49(55)44-45-51(50)61-53(58)43-40-38-36-34-32-30-28-26-24-22-20-18-16-14-12-10-8-6-4-2/h5-8,11-14,17-20,23-26,29-32,35-38,44-45,48H,3-4,9-10,15-16,21-22,27-28,33-34,39-43,46-47H2,1-2H3,(H,56,59)/b7-5-,8-6-,13-11-,14-12-,19-17-,20-18-,25-23-,26-24-,31-29-,32-30-,37-35-,38-36-. The van der Waals surface area contributed by atoms with Crippen LogP contribution >= 0.6 is 11.6 Å². The van der Waals surface area contributed by atoms with Crippen LogP contribution < -0.4 is 10.1 Å². The maximum Gasteiger partial charge on any atom is 0.311 e. The Balaban J connectivity index is 2.19. The van der Waals surface area contributed by atoms with Crippen molar-refractivity contribution < 1.29 is 23.9 Å². The van der Waals surface area contributed by atoms with Crippen LogP contribution in [0.5, 0.6) is 5.75 Å². The highest BCUT2D eigenvalue weighted by atomic mass is 35.5. The van der Waals surface area contributed by atoms with Crippen molar-refractivity contribution in [2.75, 3.05) is 13.2 Å². The first-order valence-electron chi connectivity index (χ1n) is 22.2. The summed E-state index contributed by atoms with van der Waals surface area (Å²) in [6.07, 6.45) is 64.9. The fraction of sp³-hybridized carbons (Fsp3) is 0.389. The highest BCUT2D eigenvalue weighted by molar-refractivity contribution is 6.31. The number of hydrogen-bond acceptors (Lipinski definition) is 5. The molecule has 0 atom stereocenters. The van der Waals surface area contributed by atoms with E-state index >= 15 is 0 Å². The quantitative estimate of drug-likeness (QED) is 0.0323. The van der Waals surface area contributed by atoms with Crippen molar-refractivity contribution in [3.05, 3.63) is 175 Å². The van der Waals surface area contributed by atoms with Crippen LogP contribution in [-0.4, -0.2) is 31.0 Å². The first-order chi connectivity index (χ1) is 30.0. The van der Waals surface area contributed by atoms with Gasteiger partial charge in [-0.3, -0.25) is 14.4 Å². The van der Waals surface area contributed by atoms with E-state index in [1.54, 1.807) is 6.07 Å². The van der Waals surface area contributed by atoms with Crippen LogP contribution in [0.2, 0.25) is 5.02 Å². The number of ether oxygens (including phenoxy) is 2. The lowest BCUT2D eigenvalue weighted by Gasteiger charge is -2.11. The van der Waals surface area contributed by atoms with Crippen molar-refractivity contribution in [1.29, 1.82) is 0 Å². The van der Waals surface area contributed by atoms with Crippen molar-refractivity contribution in [2.24, 2.45) is 0 Å². The average molecular weight is 851 g/mol. The van der Waals surface area contributed by atoms with Crippen LogP contribution in [0.4, 0.5) is 0 Å². The minimum atomic E-state index is -0.438. The summed E-state index contributed by atoms with van der Waals surface area (Å²) < 4.78 is 10.8. The average Bonchev–Trinajstić information content (AvgIpc) is 3.25. The van der Waals surface area contributed by atoms with Crippen LogP contribution in [-0.2, 0) is 14.3 Å². The van der Waals surface area contributed by atoms with Gasteiger partial charge < -0.3 is 14.8 Å². The predicted molar refractivity (Wildman–Crippen MR) is 260 cm³/mol. The number of halogens is 1. The molecule has 1 amide bonds. The molecule has 0 unspecified atom stereocenters. The summed E-state index contributed by atoms with van der Waals surface area (Å²) >= 11 is 6.15. The molecule has 0 fully saturated rings. The zero-order chi connectivity index (χ0) is 44.1. The Labute approximate surface area is 373 Å². The molecule has 0 saturated carbocycles. The number of carbonyl (C=O) groups is 3. The molecule has 0 aliphatic heterocycles. The van der Waals surface area contributed by atoms with Gasteiger partial charge in [0.25, 0.3) is 5.91 Å². The summed E-state index contributed by atoms with van der Waals surface area (Å²) in [5.74, 6) is -0.993. The van der Waals surface area contributed by atoms with Gasteiger partial charge in [0.2, 0.25) is 0 Å². The third-order valence-corrected chi connectivity index (χ3v) is 8.74. The third kappa shape index (κ3) is 35.3. The second-order valence-corrected chi connectivity index (χ2v) is 14.3. The largest absolute Gasteiger partial charge is 0.466 e. The van der Waals surface area contributed by atoms with Gasteiger partial charge >= 0.3 is 11.9 Å². The third-order valence-electron chi connectivity index (χ3n) is 8.50. The van der Waals surface area contributed by atoms with Gasteiger partial charge in [-0.15, -0.1) is 0 Å². The van der Waals surface area contributed by atoms with E-state index in [4.69, 9.17) is 21.1 Å². The van der Waals surface area contributed by atoms with Gasteiger partial charge in [-0.05, 0) is 115 Å². The predicted octanol–water partition coefficient (Wildman–Crippen LogP) is 14.9. The molecule has 0 spiro atoms. The molecular weight excluding hydrogens is 778 g/mol. The van der Waals surface area contributed by atoms with Gasteiger partial charge in [0.05, 0.1) is 12.2 Å².